The van der Waals surface area contributed by atoms with E-state index in [2.05, 4.69) is 20.9 Å². The first-order valence-electron chi connectivity index (χ1n) is 6.31. The van der Waals surface area contributed by atoms with E-state index in [-0.39, 0.29) is 6.10 Å². The van der Waals surface area contributed by atoms with Gasteiger partial charge in [0.2, 0.25) is 5.88 Å². The number of halogens is 1. The number of sulfonamides is 1. The molecule has 0 radical (unpaired) electrons. The first-order chi connectivity index (χ1) is 9.95. The molecule has 0 saturated carbocycles. The van der Waals surface area contributed by atoms with Crippen molar-refractivity contribution in [3.05, 3.63) is 39.8 Å². The zero-order valence-electron chi connectivity index (χ0n) is 11.2. The molecule has 1 fully saturated rings. The van der Waals surface area contributed by atoms with Crippen molar-refractivity contribution < 1.29 is 13.2 Å². The van der Waals surface area contributed by atoms with Crippen LogP contribution in [-0.4, -0.2) is 36.9 Å². The smallest absolute Gasteiger partial charge is 0.252 e. The van der Waals surface area contributed by atoms with Crippen molar-refractivity contribution in [2.24, 2.45) is 0 Å². The highest BCUT2D eigenvalue weighted by molar-refractivity contribution is 9.11. The van der Waals surface area contributed by atoms with Crippen LogP contribution in [0.25, 0.3) is 0 Å². The minimum Gasteiger partial charge on any atom is -0.472 e. The van der Waals surface area contributed by atoms with Gasteiger partial charge in [0, 0.05) is 11.8 Å². The van der Waals surface area contributed by atoms with Gasteiger partial charge < -0.3 is 4.74 Å². The van der Waals surface area contributed by atoms with Gasteiger partial charge in [0.15, 0.2) is 0 Å². The summed E-state index contributed by atoms with van der Waals surface area (Å²) in [7, 11) is -3.39. The monoisotopic (exact) mass is 388 g/mol. The van der Waals surface area contributed by atoms with E-state index < -0.39 is 10.0 Å². The lowest BCUT2D eigenvalue weighted by Gasteiger charge is -2.37. The summed E-state index contributed by atoms with van der Waals surface area (Å²) in [6, 6.07) is 8.88. The minimum absolute atomic E-state index is 0.141. The molecule has 0 aliphatic carbocycles. The normalized spacial score (nSPS) is 16.7. The Hall–Kier alpha value is -0.960. The molecule has 0 spiro atoms. The lowest BCUT2D eigenvalue weighted by atomic mass is 10.2. The molecule has 0 aromatic carbocycles. The molecule has 1 saturated heterocycles. The molecule has 0 bridgehead atoms. The van der Waals surface area contributed by atoms with Crippen molar-refractivity contribution >= 4 is 37.3 Å². The van der Waals surface area contributed by atoms with E-state index in [0.717, 1.165) is 9.48 Å². The van der Waals surface area contributed by atoms with Crippen LogP contribution >= 0.6 is 27.3 Å². The predicted octanol–water partition coefficient (Wildman–Crippen LogP) is 2.67. The van der Waals surface area contributed by atoms with Gasteiger partial charge in [-0.3, -0.25) is 0 Å². The van der Waals surface area contributed by atoms with Gasteiger partial charge in [0.05, 0.1) is 16.9 Å². The summed E-state index contributed by atoms with van der Waals surface area (Å²) in [5.74, 6) is 0.538. The topological polar surface area (TPSA) is 59.5 Å². The molecule has 112 valence electrons. The van der Waals surface area contributed by atoms with Crippen LogP contribution in [0.3, 0.4) is 0 Å². The van der Waals surface area contributed by atoms with Crippen molar-refractivity contribution in [1.29, 1.82) is 0 Å². The molecular formula is C13H13BrN2O3S2. The summed E-state index contributed by atoms with van der Waals surface area (Å²) >= 11 is 4.49. The zero-order chi connectivity index (χ0) is 15.0. The van der Waals surface area contributed by atoms with E-state index in [1.807, 2.05) is 19.1 Å². The highest BCUT2D eigenvalue weighted by Crippen LogP contribution is 2.31. The second-order valence-electron chi connectivity index (χ2n) is 4.74. The first kappa shape index (κ1) is 15.0. The number of aryl methyl sites for hydroxylation is 1. The van der Waals surface area contributed by atoms with E-state index in [0.29, 0.717) is 23.2 Å². The number of pyridine rings is 1. The van der Waals surface area contributed by atoms with Gasteiger partial charge in [-0.05, 0) is 41.1 Å². The summed E-state index contributed by atoms with van der Waals surface area (Å²) in [4.78, 5) is 4.25. The van der Waals surface area contributed by atoms with Gasteiger partial charge in [-0.1, -0.05) is 6.07 Å². The number of thiophene rings is 1. The van der Waals surface area contributed by atoms with Crippen LogP contribution in [0.2, 0.25) is 0 Å². The maximum Gasteiger partial charge on any atom is 0.252 e. The number of rotatable bonds is 4. The van der Waals surface area contributed by atoms with Crippen LogP contribution in [-0.2, 0) is 10.0 Å². The fraction of sp³-hybridized carbons (Fsp3) is 0.308. The van der Waals surface area contributed by atoms with Gasteiger partial charge in [-0.2, -0.15) is 4.31 Å². The second kappa shape index (κ2) is 5.68. The third-order valence-electron chi connectivity index (χ3n) is 3.11. The predicted molar refractivity (Wildman–Crippen MR) is 84.2 cm³/mol. The van der Waals surface area contributed by atoms with Gasteiger partial charge >= 0.3 is 0 Å². The lowest BCUT2D eigenvalue weighted by molar-refractivity contribution is 0.0721. The Labute approximate surface area is 135 Å². The van der Waals surface area contributed by atoms with Crippen molar-refractivity contribution in [3.63, 3.8) is 0 Å². The molecule has 0 N–H and O–H groups in total. The standard InChI is InChI=1S/C13H13BrN2O3S2/c1-9-3-2-4-12(15-9)19-10-7-16(8-10)21(17,18)13-6-5-11(14)20-13/h2-6,10H,7-8H2,1H3. The van der Waals surface area contributed by atoms with Gasteiger partial charge in [-0.25, -0.2) is 13.4 Å². The molecule has 3 heterocycles. The van der Waals surface area contributed by atoms with Gasteiger partial charge in [0.1, 0.15) is 10.3 Å². The average molecular weight is 389 g/mol. The summed E-state index contributed by atoms with van der Waals surface area (Å²) < 4.78 is 32.9. The van der Waals surface area contributed by atoms with Crippen LogP contribution in [0.1, 0.15) is 5.69 Å². The number of nitrogens with zero attached hydrogens (tertiary/aromatic N) is 2. The van der Waals surface area contributed by atoms with E-state index in [1.54, 1.807) is 18.2 Å². The molecule has 21 heavy (non-hydrogen) atoms. The Bertz CT molecular complexity index is 754. The maximum atomic E-state index is 12.3. The molecule has 5 nitrogen and oxygen atoms in total. The van der Waals surface area contributed by atoms with E-state index in [4.69, 9.17) is 4.74 Å². The zero-order valence-corrected chi connectivity index (χ0v) is 14.4. The van der Waals surface area contributed by atoms with E-state index in [1.165, 1.54) is 15.6 Å². The van der Waals surface area contributed by atoms with Crippen molar-refractivity contribution in [1.82, 2.24) is 9.29 Å². The average Bonchev–Trinajstić information content (AvgIpc) is 2.80. The molecule has 0 unspecified atom stereocenters. The summed E-state index contributed by atoms with van der Waals surface area (Å²) in [6.45, 7) is 2.60. The van der Waals surface area contributed by atoms with Crippen LogP contribution in [0.4, 0.5) is 0 Å². The second-order valence-corrected chi connectivity index (χ2v) is 9.37. The molecule has 1 aliphatic rings. The number of hydrogen-bond donors (Lipinski definition) is 0. The van der Waals surface area contributed by atoms with Crippen molar-refractivity contribution in [2.75, 3.05) is 13.1 Å². The third-order valence-corrected chi connectivity index (χ3v) is 7.03. The fourth-order valence-electron chi connectivity index (χ4n) is 1.99. The number of hydrogen-bond acceptors (Lipinski definition) is 5. The van der Waals surface area contributed by atoms with Crippen LogP contribution in [0.15, 0.2) is 38.3 Å². The Morgan fingerprint density at radius 3 is 2.71 bits per heavy atom. The number of ether oxygens (including phenoxy) is 1. The molecule has 0 atom stereocenters. The molecule has 3 rings (SSSR count). The molecule has 2 aromatic rings. The van der Waals surface area contributed by atoms with Gasteiger partial charge in [-0.15, -0.1) is 11.3 Å². The van der Waals surface area contributed by atoms with E-state index >= 15 is 0 Å². The van der Waals surface area contributed by atoms with Crippen molar-refractivity contribution in [3.8, 4) is 5.88 Å². The lowest BCUT2D eigenvalue weighted by Crippen LogP contribution is -2.55. The fourth-order valence-corrected chi connectivity index (χ4v) is 5.66. The van der Waals surface area contributed by atoms with Gasteiger partial charge in [0.25, 0.3) is 10.0 Å². The highest BCUT2D eigenvalue weighted by Gasteiger charge is 2.39. The summed E-state index contributed by atoms with van der Waals surface area (Å²) in [5, 5.41) is 0. The highest BCUT2D eigenvalue weighted by atomic mass is 79.9. The Kier molecular flexibility index (Phi) is 4.04. The van der Waals surface area contributed by atoms with Crippen LogP contribution in [0.5, 0.6) is 5.88 Å². The Morgan fingerprint density at radius 1 is 1.33 bits per heavy atom. The summed E-state index contributed by atoms with van der Waals surface area (Å²) in [5.41, 5.74) is 0.875. The number of aromatic nitrogens is 1. The molecule has 1 aliphatic heterocycles. The Morgan fingerprint density at radius 2 is 2.10 bits per heavy atom. The van der Waals surface area contributed by atoms with E-state index in [9.17, 15) is 8.42 Å². The minimum atomic E-state index is -3.39. The SMILES string of the molecule is Cc1cccc(OC2CN(S(=O)(=O)c3ccc(Br)s3)C2)n1. The molecule has 2 aromatic heterocycles. The Balaban J connectivity index is 1.63. The molecule has 0 amide bonds. The van der Waals surface area contributed by atoms with Crippen molar-refractivity contribution in [2.45, 2.75) is 17.2 Å². The summed E-state index contributed by atoms with van der Waals surface area (Å²) in [6.07, 6.45) is -0.141. The largest absolute Gasteiger partial charge is 0.472 e. The first-order valence-corrected chi connectivity index (χ1v) is 9.36. The maximum absolute atomic E-state index is 12.3. The van der Waals surface area contributed by atoms with Crippen LogP contribution < -0.4 is 4.74 Å². The third kappa shape index (κ3) is 3.13. The molecular weight excluding hydrogens is 376 g/mol. The quantitative estimate of drug-likeness (QED) is 0.807. The molecule has 8 heteroatoms. The van der Waals surface area contributed by atoms with Crippen LogP contribution in [0, 0.1) is 6.92 Å².